The van der Waals surface area contributed by atoms with Crippen LogP contribution in [0.25, 0.3) is 10.9 Å². The Morgan fingerprint density at radius 3 is 3.09 bits per heavy atom. The Morgan fingerprint density at radius 2 is 2.30 bits per heavy atom. The number of hydrogen-bond donors (Lipinski definition) is 1. The van der Waals surface area contributed by atoms with Gasteiger partial charge in [0, 0.05) is 28.5 Å². The monoisotopic (exact) mass is 333 g/mol. The van der Waals surface area contributed by atoms with Crippen LogP contribution in [0, 0.1) is 0 Å². The molecule has 0 aliphatic carbocycles. The van der Waals surface area contributed by atoms with Gasteiger partial charge in [0.1, 0.15) is 12.8 Å². The first kappa shape index (κ1) is 15.7. The van der Waals surface area contributed by atoms with Crippen LogP contribution in [0.5, 0.6) is 0 Å². The van der Waals surface area contributed by atoms with E-state index in [4.69, 9.17) is 16.3 Å². The number of amides is 2. The quantitative estimate of drug-likeness (QED) is 0.871. The number of carbonyl (C=O) groups is 2. The molecule has 7 heteroatoms. The summed E-state index contributed by atoms with van der Waals surface area (Å²) in [5.41, 5.74) is 1.99. The molecule has 1 aromatic heterocycles. The molecule has 2 heterocycles. The van der Waals surface area contributed by atoms with Gasteiger partial charge in [0.2, 0.25) is 5.91 Å². The minimum Gasteiger partial charge on any atom is -0.361 e. The van der Waals surface area contributed by atoms with Crippen molar-refractivity contribution in [1.82, 2.24) is 9.88 Å². The zero-order valence-corrected chi connectivity index (χ0v) is 13.2. The molecule has 0 saturated carbocycles. The highest BCUT2D eigenvalue weighted by molar-refractivity contribution is 6.31. The van der Waals surface area contributed by atoms with Crippen molar-refractivity contribution in [1.29, 1.82) is 0 Å². The Bertz CT molecular complexity index is 771. The van der Waals surface area contributed by atoms with Crippen LogP contribution in [0.2, 0.25) is 5.02 Å². The number of nitrogens with zero attached hydrogens (tertiary/aromatic N) is 2. The van der Waals surface area contributed by atoms with Crippen LogP contribution >= 0.6 is 11.6 Å². The van der Waals surface area contributed by atoms with Gasteiger partial charge in [0.15, 0.2) is 0 Å². The number of fused-ring (bicyclic) bond motifs is 1. The van der Waals surface area contributed by atoms with Gasteiger partial charge in [-0.15, -0.1) is 0 Å². The molecule has 120 valence electrons. The van der Waals surface area contributed by atoms with Gasteiger partial charge in [-0.25, -0.2) is 4.99 Å². The smallest absolute Gasteiger partial charge is 0.270 e. The van der Waals surface area contributed by atoms with Gasteiger partial charge < -0.3 is 14.6 Å². The highest BCUT2D eigenvalue weighted by atomic mass is 35.5. The lowest BCUT2D eigenvalue weighted by atomic mass is 10.1. The largest absolute Gasteiger partial charge is 0.361 e. The first-order chi connectivity index (χ1) is 11.1. The molecule has 2 aromatic rings. The maximum absolute atomic E-state index is 12.4. The van der Waals surface area contributed by atoms with Crippen molar-refractivity contribution in [3.05, 3.63) is 35.0 Å². The fourth-order valence-corrected chi connectivity index (χ4v) is 2.91. The van der Waals surface area contributed by atoms with E-state index < -0.39 is 11.9 Å². The maximum Gasteiger partial charge on any atom is 0.270 e. The average Bonchev–Trinajstić information content (AvgIpc) is 3.18. The highest BCUT2D eigenvalue weighted by Crippen LogP contribution is 2.24. The van der Waals surface area contributed by atoms with Crippen LogP contribution in [0.4, 0.5) is 0 Å². The second kappa shape index (κ2) is 6.52. The van der Waals surface area contributed by atoms with Crippen LogP contribution in [0.15, 0.2) is 29.4 Å². The van der Waals surface area contributed by atoms with Crippen molar-refractivity contribution in [2.24, 2.45) is 4.99 Å². The molecule has 3 rings (SSSR count). The molecule has 1 aliphatic rings. The SMILES string of the molecule is C=NC(=O)[C@@H]1COCN1C(=O)CCc1c[nH]c2ccc(Cl)cc12. The molecule has 0 bridgehead atoms. The number of aromatic nitrogens is 1. The van der Waals surface area contributed by atoms with Crippen molar-refractivity contribution in [2.45, 2.75) is 18.9 Å². The minimum absolute atomic E-state index is 0.116. The fraction of sp³-hybridized carbons (Fsp3) is 0.312. The van der Waals surface area contributed by atoms with Crippen LogP contribution in [-0.4, -0.2) is 47.8 Å². The molecule has 1 atom stereocenters. The van der Waals surface area contributed by atoms with E-state index in [1.54, 1.807) is 0 Å². The first-order valence-corrected chi connectivity index (χ1v) is 7.61. The molecule has 0 radical (unpaired) electrons. The molecule has 1 saturated heterocycles. The predicted molar refractivity (Wildman–Crippen MR) is 87.6 cm³/mol. The molecular formula is C16H16ClN3O3. The van der Waals surface area contributed by atoms with Crippen LogP contribution < -0.4 is 0 Å². The average molecular weight is 334 g/mol. The number of aromatic amines is 1. The first-order valence-electron chi connectivity index (χ1n) is 7.23. The summed E-state index contributed by atoms with van der Waals surface area (Å²) in [7, 11) is 0. The third kappa shape index (κ3) is 3.13. The second-order valence-electron chi connectivity index (χ2n) is 5.38. The number of rotatable bonds is 4. The Morgan fingerprint density at radius 1 is 1.48 bits per heavy atom. The van der Waals surface area contributed by atoms with E-state index >= 15 is 0 Å². The van der Waals surface area contributed by atoms with Gasteiger partial charge in [-0.2, -0.15) is 0 Å². The highest BCUT2D eigenvalue weighted by Gasteiger charge is 2.34. The van der Waals surface area contributed by atoms with Crippen molar-refractivity contribution in [2.75, 3.05) is 13.3 Å². The fourth-order valence-electron chi connectivity index (χ4n) is 2.74. The lowest BCUT2D eigenvalue weighted by molar-refractivity contribution is -0.137. The Hall–Kier alpha value is -2.18. The molecular weight excluding hydrogens is 318 g/mol. The number of nitrogens with one attached hydrogen (secondary N) is 1. The van der Waals surface area contributed by atoms with Crippen molar-refractivity contribution < 1.29 is 14.3 Å². The zero-order chi connectivity index (χ0) is 16.4. The van der Waals surface area contributed by atoms with E-state index in [-0.39, 0.29) is 25.7 Å². The van der Waals surface area contributed by atoms with Crippen molar-refractivity contribution in [3.63, 3.8) is 0 Å². The third-order valence-corrected chi connectivity index (χ3v) is 4.22. The van der Waals surface area contributed by atoms with Crippen molar-refractivity contribution >= 4 is 41.0 Å². The summed E-state index contributed by atoms with van der Waals surface area (Å²) in [6, 6.07) is 4.94. The number of benzene rings is 1. The van der Waals surface area contributed by atoms with Crippen LogP contribution in [-0.2, 0) is 20.7 Å². The van der Waals surface area contributed by atoms with Gasteiger partial charge in [-0.3, -0.25) is 9.59 Å². The summed E-state index contributed by atoms with van der Waals surface area (Å²) in [6.45, 7) is 3.51. The lowest BCUT2D eigenvalue weighted by Gasteiger charge is -2.19. The number of hydrogen-bond acceptors (Lipinski definition) is 3. The second-order valence-corrected chi connectivity index (χ2v) is 5.82. The van der Waals surface area contributed by atoms with Crippen LogP contribution in [0.3, 0.4) is 0 Å². The number of halogens is 1. The summed E-state index contributed by atoms with van der Waals surface area (Å²) in [5, 5.41) is 1.66. The molecule has 1 N–H and O–H groups in total. The Labute approximate surface area is 138 Å². The topological polar surface area (TPSA) is 74.8 Å². The van der Waals surface area contributed by atoms with Crippen molar-refractivity contribution in [3.8, 4) is 0 Å². The number of carbonyl (C=O) groups excluding carboxylic acids is 2. The minimum atomic E-state index is -0.655. The number of aryl methyl sites for hydroxylation is 1. The standard InChI is InChI=1S/C16H16ClN3O3/c1-18-16(22)14-8-23-9-20(14)15(21)5-2-10-7-19-13-4-3-11(17)6-12(10)13/h3-4,6-7,14,19H,1-2,5,8-9H2/t14-/m0/s1. The van der Waals surface area contributed by atoms with Gasteiger partial charge in [-0.1, -0.05) is 11.6 Å². The third-order valence-electron chi connectivity index (χ3n) is 3.98. The van der Waals surface area contributed by atoms with E-state index in [1.807, 2.05) is 24.4 Å². The van der Waals surface area contributed by atoms with Gasteiger partial charge in [0.25, 0.3) is 5.91 Å². The molecule has 6 nitrogen and oxygen atoms in total. The summed E-state index contributed by atoms with van der Waals surface area (Å²) in [4.78, 5) is 32.0. The van der Waals surface area contributed by atoms with Gasteiger partial charge in [-0.05, 0) is 36.9 Å². The van der Waals surface area contributed by atoms with E-state index in [0.717, 1.165) is 16.5 Å². The summed E-state index contributed by atoms with van der Waals surface area (Å²) >= 11 is 6.02. The predicted octanol–water partition coefficient (Wildman–Crippen LogP) is 2.17. The molecule has 1 fully saturated rings. The summed E-state index contributed by atoms with van der Waals surface area (Å²) in [5.74, 6) is -0.574. The van der Waals surface area contributed by atoms with Gasteiger partial charge >= 0.3 is 0 Å². The number of ether oxygens (including phenoxy) is 1. The summed E-state index contributed by atoms with van der Waals surface area (Å²) < 4.78 is 5.21. The maximum atomic E-state index is 12.4. The number of aliphatic imine (C=N–C) groups is 1. The molecule has 0 unspecified atom stereocenters. The normalized spacial score (nSPS) is 17.6. The lowest BCUT2D eigenvalue weighted by Crippen LogP contribution is -2.41. The van der Waals surface area contributed by atoms with E-state index in [1.165, 1.54) is 4.90 Å². The molecule has 2 amide bonds. The molecule has 1 aromatic carbocycles. The summed E-state index contributed by atoms with van der Waals surface area (Å²) in [6.07, 6.45) is 2.71. The molecule has 1 aliphatic heterocycles. The van der Waals surface area contributed by atoms with Crippen LogP contribution in [0.1, 0.15) is 12.0 Å². The Balaban J connectivity index is 1.69. The Kier molecular flexibility index (Phi) is 4.45. The van der Waals surface area contributed by atoms with E-state index in [0.29, 0.717) is 11.4 Å². The molecule has 23 heavy (non-hydrogen) atoms. The van der Waals surface area contributed by atoms with E-state index in [9.17, 15) is 9.59 Å². The number of H-pyrrole nitrogens is 1. The van der Waals surface area contributed by atoms with Gasteiger partial charge in [0.05, 0.1) is 6.61 Å². The molecule has 0 spiro atoms. The zero-order valence-electron chi connectivity index (χ0n) is 12.4. The van der Waals surface area contributed by atoms with E-state index in [2.05, 4.69) is 16.7 Å².